The molecule has 3 rings (SSSR count). The molecule has 1 aliphatic carbocycles. The van der Waals surface area contributed by atoms with Gasteiger partial charge in [0.2, 0.25) is 0 Å². The molecule has 21 heavy (non-hydrogen) atoms. The number of pyridine rings is 1. The molecule has 0 spiro atoms. The summed E-state index contributed by atoms with van der Waals surface area (Å²) in [5.41, 5.74) is 4.97. The van der Waals surface area contributed by atoms with E-state index in [9.17, 15) is 5.11 Å². The maximum absolute atomic E-state index is 10.7. The molecule has 2 nitrogen and oxygen atoms in total. The minimum absolute atomic E-state index is 0.252. The van der Waals surface area contributed by atoms with E-state index in [4.69, 9.17) is 0 Å². The molecule has 110 valence electrons. The molecular weight excluding hydrogens is 258 g/mol. The molecule has 0 radical (unpaired) electrons. The van der Waals surface area contributed by atoms with Crippen LogP contribution in [-0.2, 0) is 19.3 Å². The Morgan fingerprint density at radius 2 is 2.10 bits per heavy atom. The van der Waals surface area contributed by atoms with E-state index < -0.39 is 0 Å². The third kappa shape index (κ3) is 3.16. The molecule has 0 bridgehead atoms. The molecule has 0 amide bonds. The van der Waals surface area contributed by atoms with E-state index in [0.717, 1.165) is 25.0 Å². The van der Waals surface area contributed by atoms with Crippen LogP contribution >= 0.6 is 0 Å². The van der Waals surface area contributed by atoms with E-state index in [1.54, 1.807) is 0 Å². The number of aliphatic hydroxyl groups excluding tert-OH is 1. The van der Waals surface area contributed by atoms with E-state index >= 15 is 0 Å². The number of aryl methyl sites for hydroxylation is 2. The maximum Gasteiger partial charge on any atom is 0.0664 e. The SMILES string of the molecule is CCc1ccc(CC(O)C2CCCc3ccccc32)nc1. The summed E-state index contributed by atoms with van der Waals surface area (Å²) in [6, 6.07) is 12.7. The molecule has 1 heterocycles. The molecule has 2 atom stereocenters. The lowest BCUT2D eigenvalue weighted by molar-refractivity contribution is 0.133. The van der Waals surface area contributed by atoms with Gasteiger partial charge >= 0.3 is 0 Å². The predicted octanol–water partition coefficient (Wildman–Crippen LogP) is 3.67. The first-order valence-corrected chi connectivity index (χ1v) is 7.97. The van der Waals surface area contributed by atoms with Gasteiger partial charge in [-0.1, -0.05) is 37.3 Å². The van der Waals surface area contributed by atoms with Crippen molar-refractivity contribution in [2.45, 2.75) is 51.0 Å². The Bertz CT molecular complexity index is 591. The summed E-state index contributed by atoms with van der Waals surface area (Å²) in [4.78, 5) is 4.48. The lowest BCUT2D eigenvalue weighted by Gasteiger charge is -2.29. The highest BCUT2D eigenvalue weighted by Crippen LogP contribution is 2.34. The standard InChI is InChI=1S/C19H23NO/c1-2-14-10-11-16(20-13-14)12-19(21)18-9-5-7-15-6-3-4-8-17(15)18/h3-4,6,8,10-11,13,18-19,21H,2,5,7,9,12H2,1H3. The first-order chi connectivity index (χ1) is 10.3. The lowest BCUT2D eigenvalue weighted by Crippen LogP contribution is -2.25. The monoisotopic (exact) mass is 281 g/mol. The highest BCUT2D eigenvalue weighted by Gasteiger charge is 2.26. The summed E-state index contributed by atoms with van der Waals surface area (Å²) < 4.78 is 0. The number of rotatable bonds is 4. The van der Waals surface area contributed by atoms with Crippen molar-refractivity contribution in [1.29, 1.82) is 0 Å². The summed E-state index contributed by atoms with van der Waals surface area (Å²) >= 11 is 0. The number of aliphatic hydroxyl groups is 1. The molecular formula is C19H23NO. The molecule has 0 fully saturated rings. The number of hydrogen-bond donors (Lipinski definition) is 1. The summed E-state index contributed by atoms with van der Waals surface area (Å²) in [6.45, 7) is 2.13. The van der Waals surface area contributed by atoms with Crippen molar-refractivity contribution in [3.63, 3.8) is 0 Å². The highest BCUT2D eigenvalue weighted by molar-refractivity contribution is 5.33. The van der Waals surface area contributed by atoms with Crippen molar-refractivity contribution >= 4 is 0 Å². The van der Waals surface area contributed by atoms with Gasteiger partial charge in [-0.05, 0) is 48.4 Å². The van der Waals surface area contributed by atoms with Crippen molar-refractivity contribution in [3.05, 3.63) is 65.0 Å². The van der Waals surface area contributed by atoms with Crippen LogP contribution in [0.4, 0.5) is 0 Å². The smallest absolute Gasteiger partial charge is 0.0664 e. The second-order valence-corrected chi connectivity index (χ2v) is 5.98. The zero-order valence-corrected chi connectivity index (χ0v) is 12.6. The van der Waals surface area contributed by atoms with Crippen LogP contribution in [0, 0.1) is 0 Å². The third-order valence-corrected chi connectivity index (χ3v) is 4.59. The first-order valence-electron chi connectivity index (χ1n) is 7.97. The van der Waals surface area contributed by atoms with E-state index in [1.165, 1.54) is 23.1 Å². The summed E-state index contributed by atoms with van der Waals surface area (Å²) in [6.07, 6.45) is 6.62. The zero-order valence-electron chi connectivity index (χ0n) is 12.6. The van der Waals surface area contributed by atoms with E-state index in [2.05, 4.69) is 48.3 Å². The molecule has 0 aliphatic heterocycles. The van der Waals surface area contributed by atoms with E-state index in [0.29, 0.717) is 6.42 Å². The Morgan fingerprint density at radius 1 is 1.24 bits per heavy atom. The lowest BCUT2D eigenvalue weighted by atomic mass is 9.79. The summed E-state index contributed by atoms with van der Waals surface area (Å²) in [7, 11) is 0. The van der Waals surface area contributed by atoms with Crippen LogP contribution in [-0.4, -0.2) is 16.2 Å². The minimum Gasteiger partial charge on any atom is -0.392 e. The number of nitrogens with zero attached hydrogens (tertiary/aromatic N) is 1. The molecule has 2 unspecified atom stereocenters. The van der Waals surface area contributed by atoms with Gasteiger partial charge in [0.25, 0.3) is 0 Å². The van der Waals surface area contributed by atoms with Crippen LogP contribution in [0.3, 0.4) is 0 Å². The Hall–Kier alpha value is -1.67. The molecule has 0 saturated heterocycles. The molecule has 1 N–H and O–H groups in total. The first kappa shape index (κ1) is 14.3. The molecule has 1 aromatic heterocycles. The normalized spacial score (nSPS) is 19.0. The quantitative estimate of drug-likeness (QED) is 0.927. The van der Waals surface area contributed by atoms with Crippen LogP contribution in [0.5, 0.6) is 0 Å². The number of hydrogen-bond acceptors (Lipinski definition) is 2. The second kappa shape index (κ2) is 6.40. The fourth-order valence-corrected chi connectivity index (χ4v) is 3.33. The van der Waals surface area contributed by atoms with Crippen molar-refractivity contribution < 1.29 is 5.11 Å². The fourth-order valence-electron chi connectivity index (χ4n) is 3.33. The third-order valence-electron chi connectivity index (χ3n) is 4.59. The van der Waals surface area contributed by atoms with E-state index in [1.807, 2.05) is 6.20 Å². The van der Waals surface area contributed by atoms with Gasteiger partial charge in [-0.25, -0.2) is 0 Å². The summed E-state index contributed by atoms with van der Waals surface area (Å²) in [5.74, 6) is 0.252. The van der Waals surface area contributed by atoms with Gasteiger partial charge in [0.15, 0.2) is 0 Å². The topological polar surface area (TPSA) is 33.1 Å². The average molecular weight is 281 g/mol. The van der Waals surface area contributed by atoms with Crippen molar-refractivity contribution in [2.75, 3.05) is 0 Å². The Balaban J connectivity index is 1.75. The molecule has 0 saturated carbocycles. The van der Waals surface area contributed by atoms with Gasteiger partial charge in [0.05, 0.1) is 6.10 Å². The molecule has 2 aromatic rings. The van der Waals surface area contributed by atoms with Crippen molar-refractivity contribution in [1.82, 2.24) is 4.98 Å². The number of benzene rings is 1. The van der Waals surface area contributed by atoms with Gasteiger partial charge in [0, 0.05) is 24.2 Å². The van der Waals surface area contributed by atoms with Gasteiger partial charge in [-0.15, -0.1) is 0 Å². The molecule has 2 heteroatoms. The van der Waals surface area contributed by atoms with Gasteiger partial charge in [0.1, 0.15) is 0 Å². The molecule has 1 aromatic carbocycles. The van der Waals surface area contributed by atoms with Crippen LogP contribution in [0.15, 0.2) is 42.6 Å². The average Bonchev–Trinajstić information content (AvgIpc) is 2.55. The van der Waals surface area contributed by atoms with Crippen LogP contribution in [0.2, 0.25) is 0 Å². The van der Waals surface area contributed by atoms with Crippen molar-refractivity contribution in [2.24, 2.45) is 0 Å². The van der Waals surface area contributed by atoms with Crippen LogP contribution < -0.4 is 0 Å². The fraction of sp³-hybridized carbons (Fsp3) is 0.421. The van der Waals surface area contributed by atoms with Gasteiger partial charge in [-0.2, -0.15) is 0 Å². The Kier molecular flexibility index (Phi) is 4.35. The zero-order chi connectivity index (χ0) is 14.7. The number of fused-ring (bicyclic) bond motifs is 1. The minimum atomic E-state index is -0.341. The Morgan fingerprint density at radius 3 is 2.86 bits per heavy atom. The van der Waals surface area contributed by atoms with Gasteiger partial charge < -0.3 is 5.11 Å². The van der Waals surface area contributed by atoms with Crippen LogP contribution in [0.25, 0.3) is 0 Å². The van der Waals surface area contributed by atoms with Crippen LogP contribution in [0.1, 0.15) is 48.1 Å². The highest BCUT2D eigenvalue weighted by atomic mass is 16.3. The Labute approximate surface area is 126 Å². The largest absolute Gasteiger partial charge is 0.392 e. The van der Waals surface area contributed by atoms with Gasteiger partial charge in [-0.3, -0.25) is 4.98 Å². The number of aromatic nitrogens is 1. The van der Waals surface area contributed by atoms with E-state index in [-0.39, 0.29) is 12.0 Å². The maximum atomic E-state index is 10.7. The van der Waals surface area contributed by atoms with Crippen molar-refractivity contribution in [3.8, 4) is 0 Å². The summed E-state index contributed by atoms with van der Waals surface area (Å²) in [5, 5.41) is 10.7. The predicted molar refractivity (Wildman–Crippen MR) is 85.4 cm³/mol. The molecule has 1 aliphatic rings. The second-order valence-electron chi connectivity index (χ2n) is 5.98.